The summed E-state index contributed by atoms with van der Waals surface area (Å²) in [6.45, 7) is 5.76. The number of halogens is 1. The molecule has 1 saturated heterocycles. The molecule has 1 atom stereocenters. The fraction of sp³-hybridized carbons (Fsp3) is 0.846. The Morgan fingerprint density at radius 3 is 2.80 bits per heavy atom. The number of likely N-dealkylation sites (N-methyl/N-ethyl adjacent to an activating group) is 1. The molecule has 0 aliphatic carbocycles. The summed E-state index contributed by atoms with van der Waals surface area (Å²) in [4.78, 5) is 27.7. The first-order valence-electron chi connectivity index (χ1n) is 6.98. The molecule has 2 N–H and O–H groups in total. The van der Waals surface area contributed by atoms with E-state index in [1.807, 2.05) is 23.9 Å². The highest BCUT2D eigenvalue weighted by Gasteiger charge is 2.29. The third kappa shape index (κ3) is 6.54. The predicted molar refractivity (Wildman–Crippen MR) is 82.1 cm³/mol. The normalized spacial score (nSPS) is 18.9. The Kier molecular flexibility index (Phi) is 9.54. The van der Waals surface area contributed by atoms with Crippen LogP contribution >= 0.6 is 12.4 Å². The zero-order valence-corrected chi connectivity index (χ0v) is 13.5. The van der Waals surface area contributed by atoms with Crippen LogP contribution in [0.25, 0.3) is 0 Å². The third-order valence-electron chi connectivity index (χ3n) is 3.15. The molecule has 0 aromatic rings. The van der Waals surface area contributed by atoms with E-state index in [0.717, 1.165) is 32.6 Å². The summed E-state index contributed by atoms with van der Waals surface area (Å²) in [7, 11) is 3.92. The monoisotopic (exact) mass is 306 g/mol. The number of rotatable bonds is 7. The van der Waals surface area contributed by atoms with Crippen LogP contribution < -0.4 is 10.6 Å². The van der Waals surface area contributed by atoms with Gasteiger partial charge < -0.3 is 20.4 Å². The van der Waals surface area contributed by atoms with Crippen molar-refractivity contribution in [1.29, 1.82) is 0 Å². The van der Waals surface area contributed by atoms with Crippen LogP contribution in [0.2, 0.25) is 0 Å². The van der Waals surface area contributed by atoms with Crippen LogP contribution in [0.15, 0.2) is 0 Å². The molecule has 1 aliphatic heterocycles. The maximum Gasteiger partial charge on any atom is 0.240 e. The fourth-order valence-corrected chi connectivity index (χ4v) is 2.12. The zero-order chi connectivity index (χ0) is 14.3. The molecule has 7 heteroatoms. The summed E-state index contributed by atoms with van der Waals surface area (Å²) in [6, 6.07) is -0.361. The van der Waals surface area contributed by atoms with Crippen molar-refractivity contribution in [3.63, 3.8) is 0 Å². The topological polar surface area (TPSA) is 64.7 Å². The summed E-state index contributed by atoms with van der Waals surface area (Å²) in [6.07, 6.45) is 1.18. The summed E-state index contributed by atoms with van der Waals surface area (Å²) < 4.78 is 0. The van der Waals surface area contributed by atoms with Gasteiger partial charge in [0.2, 0.25) is 11.8 Å². The van der Waals surface area contributed by atoms with E-state index in [4.69, 9.17) is 0 Å². The van der Waals surface area contributed by atoms with Crippen molar-refractivity contribution in [3.8, 4) is 0 Å². The number of piperazine rings is 1. The molecule has 118 valence electrons. The highest BCUT2D eigenvalue weighted by atomic mass is 35.5. The number of nitrogens with zero attached hydrogens (tertiary/aromatic N) is 2. The van der Waals surface area contributed by atoms with E-state index in [9.17, 15) is 9.59 Å². The first kappa shape index (κ1) is 19.1. The fourth-order valence-electron chi connectivity index (χ4n) is 2.12. The average molecular weight is 307 g/mol. The SMILES string of the molecule is CCCN1CCNC(CC(=O)NCCN(C)C)C1=O.Cl. The minimum atomic E-state index is -0.361. The van der Waals surface area contributed by atoms with Gasteiger partial charge in [0.25, 0.3) is 0 Å². The van der Waals surface area contributed by atoms with Gasteiger partial charge in [0, 0.05) is 32.7 Å². The van der Waals surface area contributed by atoms with Crippen molar-refractivity contribution in [2.24, 2.45) is 0 Å². The van der Waals surface area contributed by atoms with Crippen molar-refractivity contribution < 1.29 is 9.59 Å². The van der Waals surface area contributed by atoms with Gasteiger partial charge in [0.05, 0.1) is 12.5 Å². The van der Waals surface area contributed by atoms with E-state index in [0.29, 0.717) is 6.54 Å². The number of carbonyl (C=O) groups is 2. The lowest BCUT2D eigenvalue weighted by molar-refractivity contribution is -0.138. The van der Waals surface area contributed by atoms with E-state index < -0.39 is 0 Å². The molecule has 2 amide bonds. The number of hydrogen-bond donors (Lipinski definition) is 2. The van der Waals surface area contributed by atoms with Crippen molar-refractivity contribution in [3.05, 3.63) is 0 Å². The molecule has 0 aromatic carbocycles. The maximum absolute atomic E-state index is 12.1. The molecule has 1 unspecified atom stereocenters. The largest absolute Gasteiger partial charge is 0.355 e. The standard InChI is InChI=1S/C13H26N4O2.ClH/c1-4-7-17-9-6-14-11(13(17)19)10-12(18)15-5-8-16(2)3;/h11,14H,4-10H2,1-3H3,(H,15,18);1H. The Balaban J connectivity index is 0.00000361. The molecular weight excluding hydrogens is 280 g/mol. The quantitative estimate of drug-likeness (QED) is 0.677. The smallest absolute Gasteiger partial charge is 0.240 e. The zero-order valence-electron chi connectivity index (χ0n) is 12.6. The molecule has 0 spiro atoms. The summed E-state index contributed by atoms with van der Waals surface area (Å²) in [5, 5.41) is 5.96. The minimum Gasteiger partial charge on any atom is -0.355 e. The van der Waals surface area contributed by atoms with Crippen molar-refractivity contribution in [2.75, 3.05) is 46.8 Å². The van der Waals surface area contributed by atoms with Gasteiger partial charge in [-0.2, -0.15) is 0 Å². The van der Waals surface area contributed by atoms with Gasteiger partial charge >= 0.3 is 0 Å². The summed E-state index contributed by atoms with van der Waals surface area (Å²) >= 11 is 0. The molecule has 1 fully saturated rings. The van der Waals surface area contributed by atoms with Crippen molar-refractivity contribution in [2.45, 2.75) is 25.8 Å². The average Bonchev–Trinajstić information content (AvgIpc) is 2.34. The van der Waals surface area contributed by atoms with Crippen LogP contribution in [-0.2, 0) is 9.59 Å². The second kappa shape index (κ2) is 9.96. The van der Waals surface area contributed by atoms with E-state index in [1.165, 1.54) is 0 Å². The van der Waals surface area contributed by atoms with Gasteiger partial charge in [0.15, 0.2) is 0 Å². The molecule has 20 heavy (non-hydrogen) atoms. The number of hydrogen-bond acceptors (Lipinski definition) is 4. The Morgan fingerprint density at radius 2 is 2.20 bits per heavy atom. The second-order valence-electron chi connectivity index (χ2n) is 5.19. The third-order valence-corrected chi connectivity index (χ3v) is 3.15. The molecule has 0 saturated carbocycles. The molecule has 1 rings (SSSR count). The van der Waals surface area contributed by atoms with Gasteiger partial charge in [-0.15, -0.1) is 12.4 Å². The number of amides is 2. The van der Waals surface area contributed by atoms with E-state index >= 15 is 0 Å². The highest BCUT2D eigenvalue weighted by Crippen LogP contribution is 2.05. The Morgan fingerprint density at radius 1 is 1.50 bits per heavy atom. The van der Waals surface area contributed by atoms with Crippen LogP contribution in [0, 0.1) is 0 Å². The minimum absolute atomic E-state index is 0. The molecule has 1 aliphatic rings. The van der Waals surface area contributed by atoms with E-state index in [1.54, 1.807) is 0 Å². The Hall–Kier alpha value is -0.850. The Labute approximate surface area is 127 Å². The lowest BCUT2D eigenvalue weighted by Crippen LogP contribution is -2.56. The number of carbonyl (C=O) groups excluding carboxylic acids is 2. The van der Waals surface area contributed by atoms with Crippen LogP contribution in [-0.4, -0.2) is 74.5 Å². The molecule has 0 radical (unpaired) electrons. The van der Waals surface area contributed by atoms with Crippen LogP contribution in [0.1, 0.15) is 19.8 Å². The molecule has 0 aromatic heterocycles. The van der Waals surface area contributed by atoms with Crippen molar-refractivity contribution >= 4 is 24.2 Å². The lowest BCUT2D eigenvalue weighted by Gasteiger charge is -2.32. The predicted octanol–water partition coefficient (Wildman–Crippen LogP) is -0.313. The summed E-state index contributed by atoms with van der Waals surface area (Å²) in [5.74, 6) is -0.0121. The van der Waals surface area contributed by atoms with Gasteiger partial charge in [0.1, 0.15) is 0 Å². The molecule has 6 nitrogen and oxygen atoms in total. The van der Waals surface area contributed by atoms with Crippen LogP contribution in [0.3, 0.4) is 0 Å². The first-order chi connectivity index (χ1) is 9.04. The number of nitrogens with one attached hydrogen (secondary N) is 2. The molecule has 0 bridgehead atoms. The van der Waals surface area contributed by atoms with Gasteiger partial charge in [-0.05, 0) is 20.5 Å². The van der Waals surface area contributed by atoms with Crippen LogP contribution in [0.5, 0.6) is 0 Å². The molecule has 1 heterocycles. The van der Waals surface area contributed by atoms with Crippen LogP contribution in [0.4, 0.5) is 0 Å². The second-order valence-corrected chi connectivity index (χ2v) is 5.19. The highest BCUT2D eigenvalue weighted by molar-refractivity contribution is 5.88. The lowest BCUT2D eigenvalue weighted by atomic mass is 10.1. The Bertz CT molecular complexity index is 311. The van der Waals surface area contributed by atoms with Gasteiger partial charge in [-0.25, -0.2) is 0 Å². The summed E-state index contributed by atoms with van der Waals surface area (Å²) in [5.41, 5.74) is 0. The van der Waals surface area contributed by atoms with E-state index in [2.05, 4.69) is 17.6 Å². The van der Waals surface area contributed by atoms with Gasteiger partial charge in [-0.1, -0.05) is 6.92 Å². The molecular formula is C13H27ClN4O2. The van der Waals surface area contributed by atoms with Gasteiger partial charge in [-0.3, -0.25) is 9.59 Å². The van der Waals surface area contributed by atoms with E-state index in [-0.39, 0.29) is 36.7 Å². The van der Waals surface area contributed by atoms with Crippen molar-refractivity contribution in [1.82, 2.24) is 20.4 Å². The maximum atomic E-state index is 12.1. The first-order valence-corrected chi connectivity index (χ1v) is 6.98.